The lowest BCUT2D eigenvalue weighted by molar-refractivity contribution is -0.137. The van der Waals surface area contributed by atoms with E-state index in [4.69, 9.17) is 4.74 Å². The number of ether oxygens (including phenoxy) is 1. The van der Waals surface area contributed by atoms with Crippen LogP contribution in [0.2, 0.25) is 0 Å². The third kappa shape index (κ3) is 5.91. The largest absolute Gasteiger partial charge is 0.463 e. The number of aryl methyl sites for hydroxylation is 4. The van der Waals surface area contributed by atoms with Crippen LogP contribution in [0, 0.1) is 13.8 Å². The third-order valence-electron chi connectivity index (χ3n) is 8.33. The van der Waals surface area contributed by atoms with Crippen LogP contribution in [0.5, 0.6) is 0 Å². The molecule has 4 aromatic rings. The first kappa shape index (κ1) is 29.3. The van der Waals surface area contributed by atoms with Crippen LogP contribution in [0.25, 0.3) is 11.1 Å². The number of hydrogen-bond acceptors (Lipinski definition) is 4. The SMILES string of the molecule is C=CC(=O)OCCCc1ccc(N(c2ccc(CCCO)cc2)c2cc(C)cc3c2-c2ccc(C)cc2C3(C)C)cc1. The van der Waals surface area contributed by atoms with E-state index in [-0.39, 0.29) is 18.0 Å². The molecule has 42 heavy (non-hydrogen) atoms. The summed E-state index contributed by atoms with van der Waals surface area (Å²) in [7, 11) is 0. The fraction of sp³-hybridized carbons (Fsp3) is 0.289. The smallest absolute Gasteiger partial charge is 0.330 e. The number of rotatable bonds is 11. The minimum absolute atomic E-state index is 0.101. The molecule has 0 saturated carbocycles. The van der Waals surface area contributed by atoms with E-state index in [1.54, 1.807) is 0 Å². The summed E-state index contributed by atoms with van der Waals surface area (Å²) in [5, 5.41) is 9.31. The van der Waals surface area contributed by atoms with Gasteiger partial charge in [-0.2, -0.15) is 0 Å². The lowest BCUT2D eigenvalue weighted by Crippen LogP contribution is -2.16. The number of anilines is 3. The molecule has 5 rings (SSSR count). The van der Waals surface area contributed by atoms with Gasteiger partial charge in [0.1, 0.15) is 0 Å². The lowest BCUT2D eigenvalue weighted by atomic mass is 9.81. The molecule has 0 spiro atoms. The fourth-order valence-corrected chi connectivity index (χ4v) is 6.10. The quantitative estimate of drug-likeness (QED) is 0.113. The number of aliphatic hydroxyl groups is 1. The van der Waals surface area contributed by atoms with Gasteiger partial charge in [0.2, 0.25) is 0 Å². The van der Waals surface area contributed by atoms with E-state index in [9.17, 15) is 9.90 Å². The van der Waals surface area contributed by atoms with Crippen molar-refractivity contribution in [3.05, 3.63) is 125 Å². The predicted octanol–water partition coefficient (Wildman–Crippen LogP) is 8.67. The second kappa shape index (κ2) is 12.4. The van der Waals surface area contributed by atoms with Crippen LogP contribution < -0.4 is 4.90 Å². The van der Waals surface area contributed by atoms with E-state index in [2.05, 4.69) is 118 Å². The molecule has 0 amide bonds. The predicted molar refractivity (Wildman–Crippen MR) is 173 cm³/mol. The number of hydrogen-bond donors (Lipinski definition) is 1. The zero-order valence-electron chi connectivity index (χ0n) is 25.2. The summed E-state index contributed by atoms with van der Waals surface area (Å²) < 4.78 is 5.15. The summed E-state index contributed by atoms with van der Waals surface area (Å²) in [4.78, 5) is 13.7. The van der Waals surface area contributed by atoms with Gasteiger partial charge in [-0.3, -0.25) is 0 Å². The van der Waals surface area contributed by atoms with Crippen molar-refractivity contribution in [1.82, 2.24) is 0 Å². The Kier molecular flexibility index (Phi) is 8.65. The summed E-state index contributed by atoms with van der Waals surface area (Å²) in [5.74, 6) is -0.381. The molecule has 0 saturated heterocycles. The highest BCUT2D eigenvalue weighted by Gasteiger charge is 2.38. The average molecular weight is 560 g/mol. The number of benzene rings is 4. The number of carbonyl (C=O) groups excluding carboxylic acids is 1. The van der Waals surface area contributed by atoms with Gasteiger partial charge < -0.3 is 14.7 Å². The Morgan fingerprint density at radius 2 is 1.43 bits per heavy atom. The van der Waals surface area contributed by atoms with E-state index in [0.29, 0.717) is 6.61 Å². The van der Waals surface area contributed by atoms with Gasteiger partial charge in [0.05, 0.1) is 12.3 Å². The van der Waals surface area contributed by atoms with Crippen molar-refractivity contribution < 1.29 is 14.6 Å². The first-order chi connectivity index (χ1) is 20.2. The standard InChI is InChI=1S/C38H41NO3/c1-6-36(41)42-22-8-10-29-14-18-31(19-15-29)39(30-16-12-28(13-17-30)9-7-21-40)35-25-27(3)24-34-37(35)32-20-11-26(2)23-33(32)38(34,4)5/h6,11-20,23-25,40H,1,7-10,21-22H2,2-5H3. The maximum absolute atomic E-state index is 11.4. The highest BCUT2D eigenvalue weighted by atomic mass is 16.5. The van der Waals surface area contributed by atoms with Crippen molar-refractivity contribution in [2.45, 2.75) is 58.8 Å². The highest BCUT2D eigenvalue weighted by Crippen LogP contribution is 2.54. The molecule has 0 radical (unpaired) electrons. The number of nitrogens with zero attached hydrogens (tertiary/aromatic N) is 1. The van der Waals surface area contributed by atoms with Crippen LogP contribution in [-0.4, -0.2) is 24.3 Å². The molecule has 1 aliphatic carbocycles. The fourth-order valence-electron chi connectivity index (χ4n) is 6.10. The summed E-state index contributed by atoms with van der Waals surface area (Å²) in [5.41, 5.74) is 13.5. The molecule has 1 aliphatic rings. The molecule has 0 atom stereocenters. The van der Waals surface area contributed by atoms with Gasteiger partial charge in [0, 0.05) is 35.0 Å². The van der Waals surface area contributed by atoms with Crippen molar-refractivity contribution in [3.8, 4) is 11.1 Å². The van der Waals surface area contributed by atoms with Crippen LogP contribution in [0.1, 0.15) is 60.1 Å². The van der Waals surface area contributed by atoms with Crippen molar-refractivity contribution in [1.29, 1.82) is 0 Å². The van der Waals surface area contributed by atoms with Gasteiger partial charge in [-0.25, -0.2) is 4.79 Å². The zero-order chi connectivity index (χ0) is 29.9. The second-order valence-electron chi connectivity index (χ2n) is 11.9. The molecule has 0 heterocycles. The number of esters is 1. The van der Waals surface area contributed by atoms with Gasteiger partial charge >= 0.3 is 5.97 Å². The van der Waals surface area contributed by atoms with E-state index in [1.807, 2.05) is 0 Å². The third-order valence-corrected chi connectivity index (χ3v) is 8.33. The average Bonchev–Trinajstić information content (AvgIpc) is 3.21. The molecule has 0 fully saturated rings. The molecule has 0 aromatic heterocycles. The lowest BCUT2D eigenvalue weighted by Gasteiger charge is -2.30. The van der Waals surface area contributed by atoms with E-state index in [1.165, 1.54) is 56.3 Å². The Hall–Kier alpha value is -4.15. The van der Waals surface area contributed by atoms with Gasteiger partial charge in [0.15, 0.2) is 0 Å². The summed E-state index contributed by atoms with van der Waals surface area (Å²) in [6.45, 7) is 13.1. The van der Waals surface area contributed by atoms with Crippen LogP contribution in [0.4, 0.5) is 17.1 Å². The van der Waals surface area contributed by atoms with Crippen LogP contribution >= 0.6 is 0 Å². The molecule has 4 aromatic carbocycles. The Labute approximate surface area is 250 Å². The van der Waals surface area contributed by atoms with Crippen molar-refractivity contribution in [2.24, 2.45) is 0 Å². The number of carbonyl (C=O) groups is 1. The first-order valence-electron chi connectivity index (χ1n) is 14.9. The van der Waals surface area contributed by atoms with Gasteiger partial charge in [-0.15, -0.1) is 0 Å². The van der Waals surface area contributed by atoms with E-state index in [0.717, 1.165) is 37.1 Å². The highest BCUT2D eigenvalue weighted by molar-refractivity contribution is 5.95. The van der Waals surface area contributed by atoms with Crippen LogP contribution in [0.3, 0.4) is 0 Å². The normalized spacial score (nSPS) is 12.9. The Balaban J connectivity index is 1.58. The van der Waals surface area contributed by atoms with Crippen LogP contribution in [0.15, 0.2) is 91.5 Å². The Bertz CT molecular complexity index is 1580. The molecule has 0 unspecified atom stereocenters. The zero-order valence-corrected chi connectivity index (χ0v) is 25.2. The molecule has 0 bridgehead atoms. The van der Waals surface area contributed by atoms with Gasteiger partial charge in [-0.05, 0) is 103 Å². The minimum atomic E-state index is -0.381. The molecule has 1 N–H and O–H groups in total. The van der Waals surface area contributed by atoms with Crippen molar-refractivity contribution in [3.63, 3.8) is 0 Å². The Morgan fingerprint density at radius 1 is 0.833 bits per heavy atom. The molecule has 0 aliphatic heterocycles. The maximum Gasteiger partial charge on any atom is 0.330 e. The van der Waals surface area contributed by atoms with Crippen molar-refractivity contribution in [2.75, 3.05) is 18.1 Å². The maximum atomic E-state index is 11.4. The van der Waals surface area contributed by atoms with Gasteiger partial charge in [-0.1, -0.05) is 74.5 Å². The monoisotopic (exact) mass is 559 g/mol. The molecule has 216 valence electrons. The second-order valence-corrected chi connectivity index (χ2v) is 11.9. The topological polar surface area (TPSA) is 49.8 Å². The van der Waals surface area contributed by atoms with E-state index >= 15 is 0 Å². The summed E-state index contributed by atoms with van der Waals surface area (Å²) >= 11 is 0. The summed E-state index contributed by atoms with van der Waals surface area (Å²) in [6.07, 6.45) is 4.40. The van der Waals surface area contributed by atoms with Gasteiger partial charge in [0.25, 0.3) is 0 Å². The molecule has 4 heteroatoms. The summed E-state index contributed by atoms with van der Waals surface area (Å²) in [6, 6.07) is 29.0. The number of aliphatic hydroxyl groups excluding tert-OH is 1. The molecular weight excluding hydrogens is 518 g/mol. The van der Waals surface area contributed by atoms with E-state index < -0.39 is 0 Å². The first-order valence-corrected chi connectivity index (χ1v) is 14.9. The van der Waals surface area contributed by atoms with Crippen LogP contribution in [-0.2, 0) is 27.8 Å². The number of fused-ring (bicyclic) bond motifs is 3. The molecular formula is C38H41NO3. The Morgan fingerprint density at radius 3 is 2.02 bits per heavy atom. The molecule has 4 nitrogen and oxygen atoms in total. The minimum Gasteiger partial charge on any atom is -0.463 e. The van der Waals surface area contributed by atoms with Crippen molar-refractivity contribution >= 4 is 23.0 Å².